The first-order chi connectivity index (χ1) is 16.5. The first kappa shape index (κ1) is 21.7. The number of para-hydroxylation sites is 1. The van der Waals surface area contributed by atoms with Gasteiger partial charge in [0.05, 0.1) is 23.4 Å². The highest BCUT2D eigenvalue weighted by Gasteiger charge is 2.35. The number of rotatable bonds is 5. The topological polar surface area (TPSA) is 57.6 Å². The van der Waals surface area contributed by atoms with Crippen molar-refractivity contribution in [2.75, 3.05) is 4.90 Å². The molecule has 0 saturated heterocycles. The molecule has 0 atom stereocenters. The normalized spacial score (nSPS) is 14.1. The van der Waals surface area contributed by atoms with Crippen LogP contribution >= 0.6 is 11.6 Å². The predicted octanol–water partition coefficient (Wildman–Crippen LogP) is 6.54. The number of halogens is 1. The SMILES string of the molecule is O=C(O)c1ccc(CN2C(=O)/C(=C(\c3ccccc3)c3ccc(Cl)cc3)c3ccccc32)cc1. The Hall–Kier alpha value is -4.15. The number of carboxylic acid groups (broad SMARTS) is 1. The van der Waals surface area contributed by atoms with E-state index in [4.69, 9.17) is 11.6 Å². The first-order valence-electron chi connectivity index (χ1n) is 10.8. The quantitative estimate of drug-likeness (QED) is 0.340. The molecule has 0 spiro atoms. The van der Waals surface area contributed by atoms with Crippen molar-refractivity contribution in [1.29, 1.82) is 0 Å². The Morgan fingerprint density at radius 3 is 2.00 bits per heavy atom. The third-order valence-electron chi connectivity index (χ3n) is 5.91. The summed E-state index contributed by atoms with van der Waals surface area (Å²) in [5, 5.41) is 9.81. The Labute approximate surface area is 202 Å². The minimum absolute atomic E-state index is 0.0997. The van der Waals surface area contributed by atoms with Gasteiger partial charge in [0.25, 0.3) is 5.91 Å². The molecule has 0 fully saturated rings. The van der Waals surface area contributed by atoms with Gasteiger partial charge in [0.1, 0.15) is 0 Å². The van der Waals surface area contributed by atoms with E-state index in [1.807, 2.05) is 78.9 Å². The molecule has 0 aromatic heterocycles. The van der Waals surface area contributed by atoms with E-state index in [-0.39, 0.29) is 11.5 Å². The van der Waals surface area contributed by atoms with E-state index in [1.165, 1.54) is 0 Å². The molecule has 4 nitrogen and oxygen atoms in total. The summed E-state index contributed by atoms with van der Waals surface area (Å²) in [4.78, 5) is 26.9. The third-order valence-corrected chi connectivity index (χ3v) is 6.16. The number of fused-ring (bicyclic) bond motifs is 1. The summed E-state index contributed by atoms with van der Waals surface area (Å²) >= 11 is 6.15. The van der Waals surface area contributed by atoms with Crippen LogP contribution in [0.25, 0.3) is 11.1 Å². The van der Waals surface area contributed by atoms with E-state index in [2.05, 4.69) is 0 Å². The van der Waals surface area contributed by atoms with Crippen LogP contribution in [0.15, 0.2) is 103 Å². The molecule has 1 amide bonds. The second-order valence-electron chi connectivity index (χ2n) is 8.03. The lowest BCUT2D eigenvalue weighted by atomic mass is 9.90. The zero-order valence-electron chi connectivity index (χ0n) is 18.1. The van der Waals surface area contributed by atoms with Crippen LogP contribution in [-0.4, -0.2) is 17.0 Å². The molecule has 1 heterocycles. The van der Waals surface area contributed by atoms with E-state index in [0.717, 1.165) is 33.5 Å². The highest BCUT2D eigenvalue weighted by atomic mass is 35.5. The Morgan fingerprint density at radius 1 is 0.735 bits per heavy atom. The van der Waals surface area contributed by atoms with E-state index in [1.54, 1.807) is 29.2 Å². The predicted molar refractivity (Wildman–Crippen MR) is 135 cm³/mol. The van der Waals surface area contributed by atoms with Gasteiger partial charge in [-0.3, -0.25) is 4.79 Å². The number of aromatic carboxylic acids is 1. The Balaban J connectivity index is 1.66. The number of carbonyl (C=O) groups is 2. The number of carbonyl (C=O) groups excluding carboxylic acids is 1. The van der Waals surface area contributed by atoms with Crippen molar-refractivity contribution in [2.45, 2.75) is 6.54 Å². The summed E-state index contributed by atoms with van der Waals surface area (Å²) in [7, 11) is 0. The van der Waals surface area contributed by atoms with Crippen LogP contribution in [0.2, 0.25) is 5.02 Å². The van der Waals surface area contributed by atoms with Crippen molar-refractivity contribution in [2.24, 2.45) is 0 Å². The number of carboxylic acids is 1. The molecular weight excluding hydrogens is 446 g/mol. The molecule has 0 unspecified atom stereocenters. The molecule has 5 rings (SSSR count). The molecule has 0 saturated carbocycles. The number of amides is 1. The van der Waals surface area contributed by atoms with E-state index >= 15 is 0 Å². The molecule has 1 aliphatic rings. The molecule has 1 N–H and O–H groups in total. The highest BCUT2D eigenvalue weighted by molar-refractivity contribution is 6.39. The molecule has 4 aromatic rings. The van der Waals surface area contributed by atoms with Crippen LogP contribution in [0.1, 0.15) is 32.6 Å². The molecule has 1 aliphatic heterocycles. The zero-order chi connectivity index (χ0) is 23.7. The lowest BCUT2D eigenvalue weighted by Gasteiger charge is -2.18. The molecule has 166 valence electrons. The van der Waals surface area contributed by atoms with Gasteiger partial charge >= 0.3 is 5.97 Å². The highest BCUT2D eigenvalue weighted by Crippen LogP contribution is 2.43. The fourth-order valence-electron chi connectivity index (χ4n) is 4.29. The van der Waals surface area contributed by atoms with Crippen LogP contribution < -0.4 is 4.90 Å². The largest absolute Gasteiger partial charge is 0.478 e. The fourth-order valence-corrected chi connectivity index (χ4v) is 4.42. The second kappa shape index (κ2) is 9.00. The van der Waals surface area contributed by atoms with Crippen molar-refractivity contribution in [1.82, 2.24) is 0 Å². The average molecular weight is 466 g/mol. The fraction of sp³-hybridized carbons (Fsp3) is 0.0345. The second-order valence-corrected chi connectivity index (χ2v) is 8.47. The smallest absolute Gasteiger partial charge is 0.335 e. The molecule has 0 bridgehead atoms. The standard InChI is InChI=1S/C29H20ClNO3/c30-23-16-14-21(15-17-23)26(20-6-2-1-3-7-20)27-24-8-4-5-9-25(24)31(28(27)32)18-19-10-12-22(13-11-19)29(33)34/h1-17H,18H2,(H,33,34)/b27-26+. The number of benzene rings is 4. The minimum Gasteiger partial charge on any atom is -0.478 e. The summed E-state index contributed by atoms with van der Waals surface area (Å²) in [6.07, 6.45) is 0. The number of nitrogens with zero attached hydrogens (tertiary/aromatic N) is 1. The Kier molecular flexibility index (Phi) is 5.74. The number of anilines is 1. The molecule has 0 aliphatic carbocycles. The van der Waals surface area contributed by atoms with Gasteiger partial charge in [-0.2, -0.15) is 0 Å². The molecular formula is C29H20ClNO3. The Bertz CT molecular complexity index is 1410. The number of hydrogen-bond acceptors (Lipinski definition) is 2. The average Bonchev–Trinajstić information content (AvgIpc) is 3.13. The maximum Gasteiger partial charge on any atom is 0.335 e. The maximum absolute atomic E-state index is 13.9. The first-order valence-corrected chi connectivity index (χ1v) is 11.2. The van der Waals surface area contributed by atoms with Crippen LogP contribution in [0.3, 0.4) is 0 Å². The summed E-state index contributed by atoms with van der Waals surface area (Å²) in [5.41, 5.74) is 6.08. The van der Waals surface area contributed by atoms with Crippen molar-refractivity contribution < 1.29 is 14.7 Å². The van der Waals surface area contributed by atoms with Gasteiger partial charge in [-0.25, -0.2) is 4.79 Å². The summed E-state index contributed by atoms with van der Waals surface area (Å²) in [6.45, 7) is 0.335. The summed E-state index contributed by atoms with van der Waals surface area (Å²) in [5.74, 6) is -1.08. The maximum atomic E-state index is 13.9. The molecule has 5 heteroatoms. The van der Waals surface area contributed by atoms with Crippen LogP contribution in [-0.2, 0) is 11.3 Å². The lowest BCUT2D eigenvalue weighted by molar-refractivity contribution is -0.113. The van der Waals surface area contributed by atoms with E-state index in [9.17, 15) is 14.7 Å². The molecule has 4 aromatic carbocycles. The monoisotopic (exact) mass is 465 g/mol. The van der Waals surface area contributed by atoms with Crippen molar-refractivity contribution in [3.8, 4) is 0 Å². The third kappa shape index (κ3) is 4.00. The van der Waals surface area contributed by atoms with Gasteiger partial charge in [-0.1, -0.05) is 84.4 Å². The van der Waals surface area contributed by atoms with Crippen LogP contribution in [0, 0.1) is 0 Å². The van der Waals surface area contributed by atoms with Crippen molar-refractivity contribution in [3.63, 3.8) is 0 Å². The van der Waals surface area contributed by atoms with Gasteiger partial charge in [0.15, 0.2) is 0 Å². The minimum atomic E-state index is -0.977. The van der Waals surface area contributed by atoms with Crippen molar-refractivity contribution in [3.05, 3.63) is 136 Å². The van der Waals surface area contributed by atoms with Gasteiger partial charge < -0.3 is 10.0 Å². The van der Waals surface area contributed by atoms with E-state index in [0.29, 0.717) is 17.1 Å². The van der Waals surface area contributed by atoms with Gasteiger partial charge in [0.2, 0.25) is 0 Å². The van der Waals surface area contributed by atoms with Crippen LogP contribution in [0.4, 0.5) is 5.69 Å². The van der Waals surface area contributed by atoms with E-state index < -0.39 is 5.97 Å². The Morgan fingerprint density at radius 2 is 1.32 bits per heavy atom. The molecule has 34 heavy (non-hydrogen) atoms. The summed E-state index contributed by atoms with van der Waals surface area (Å²) in [6, 6.07) is 31.8. The molecule has 0 radical (unpaired) electrons. The van der Waals surface area contributed by atoms with Gasteiger partial charge in [-0.05, 0) is 47.0 Å². The summed E-state index contributed by atoms with van der Waals surface area (Å²) < 4.78 is 0. The zero-order valence-corrected chi connectivity index (χ0v) is 18.9. The van der Waals surface area contributed by atoms with Crippen molar-refractivity contribution >= 4 is 40.3 Å². The van der Waals surface area contributed by atoms with Gasteiger partial charge in [0, 0.05) is 16.2 Å². The lowest BCUT2D eigenvalue weighted by Crippen LogP contribution is -2.26. The van der Waals surface area contributed by atoms with Gasteiger partial charge in [-0.15, -0.1) is 0 Å². The number of hydrogen-bond donors (Lipinski definition) is 1. The van der Waals surface area contributed by atoms with Crippen LogP contribution in [0.5, 0.6) is 0 Å².